The van der Waals surface area contributed by atoms with Crippen LogP contribution in [-0.4, -0.2) is 66.3 Å². The maximum absolute atomic E-state index is 13.2. The summed E-state index contributed by atoms with van der Waals surface area (Å²) in [6, 6.07) is 31.6. The number of nitro groups is 1. The van der Waals surface area contributed by atoms with Crippen molar-refractivity contribution in [3.63, 3.8) is 0 Å². The third-order valence-electron chi connectivity index (χ3n) is 8.24. The molecular weight excluding hydrogens is 568 g/mol. The maximum atomic E-state index is 13.2. The van der Waals surface area contributed by atoms with E-state index in [1.54, 1.807) is 18.0 Å². The van der Waals surface area contributed by atoms with Crippen LogP contribution in [0.3, 0.4) is 0 Å². The molecule has 1 fully saturated rings. The number of carbonyl (C=O) groups is 2. The first-order chi connectivity index (χ1) is 21.9. The normalized spacial score (nSPS) is 16.1. The van der Waals surface area contributed by atoms with Crippen LogP contribution in [0.25, 0.3) is 11.3 Å². The molecule has 4 aromatic rings. The Morgan fingerprint density at radius 1 is 0.889 bits per heavy atom. The fourth-order valence-corrected chi connectivity index (χ4v) is 5.70. The highest BCUT2D eigenvalue weighted by Gasteiger charge is 2.30. The summed E-state index contributed by atoms with van der Waals surface area (Å²) >= 11 is 0. The molecule has 0 bridgehead atoms. The molecule has 6 rings (SSSR count). The lowest BCUT2D eigenvalue weighted by atomic mass is 9.99. The van der Waals surface area contributed by atoms with Crippen LogP contribution in [0.2, 0.25) is 0 Å². The predicted octanol–water partition coefficient (Wildman–Crippen LogP) is 5.31. The zero-order valence-electron chi connectivity index (χ0n) is 25.0. The Hall–Kier alpha value is -5.32. The van der Waals surface area contributed by atoms with Gasteiger partial charge in [0.1, 0.15) is 0 Å². The lowest BCUT2D eigenvalue weighted by molar-refractivity contribution is -0.384. The second-order valence-corrected chi connectivity index (χ2v) is 11.2. The molecule has 0 aromatic heterocycles. The Balaban J connectivity index is 1.14. The minimum absolute atomic E-state index is 0.0140. The van der Waals surface area contributed by atoms with E-state index in [0.717, 1.165) is 44.0 Å². The van der Waals surface area contributed by atoms with Crippen LogP contribution in [0.15, 0.2) is 103 Å². The van der Waals surface area contributed by atoms with Crippen LogP contribution in [0, 0.1) is 10.1 Å². The molecule has 1 saturated heterocycles. The number of hydrogen-bond acceptors (Lipinski definition) is 7. The summed E-state index contributed by atoms with van der Waals surface area (Å²) in [6.45, 7) is 4.78. The average molecular weight is 603 g/mol. The van der Waals surface area contributed by atoms with Gasteiger partial charge in [0.15, 0.2) is 0 Å². The molecule has 10 nitrogen and oxygen atoms in total. The van der Waals surface area contributed by atoms with Gasteiger partial charge in [-0.1, -0.05) is 60.7 Å². The zero-order valence-corrected chi connectivity index (χ0v) is 25.0. The number of likely N-dealkylation sites (N-methyl/N-ethyl adjacent to an activating group) is 1. The number of nitrogens with one attached hydrogen (secondary N) is 2. The number of carbonyl (C=O) groups excluding carboxylic acids is 2. The molecule has 10 heteroatoms. The molecule has 2 heterocycles. The van der Waals surface area contributed by atoms with Crippen molar-refractivity contribution in [1.82, 2.24) is 9.80 Å². The van der Waals surface area contributed by atoms with E-state index >= 15 is 0 Å². The number of benzene rings is 4. The van der Waals surface area contributed by atoms with Crippen molar-refractivity contribution < 1.29 is 14.5 Å². The Bertz CT molecular complexity index is 1730. The highest BCUT2D eigenvalue weighted by Crippen LogP contribution is 2.39. The minimum atomic E-state index is -0.473. The number of nitro benzene ring substituents is 1. The number of piperazine rings is 1. The van der Waals surface area contributed by atoms with E-state index in [4.69, 9.17) is 0 Å². The topological polar surface area (TPSA) is 111 Å². The molecule has 45 heavy (non-hydrogen) atoms. The third kappa shape index (κ3) is 6.77. The molecule has 4 aromatic carbocycles. The van der Waals surface area contributed by atoms with Gasteiger partial charge in [0, 0.05) is 74.5 Å². The first kappa shape index (κ1) is 29.7. The van der Waals surface area contributed by atoms with Crippen LogP contribution < -0.4 is 15.5 Å². The fraction of sp³-hybridized carbons (Fsp3) is 0.200. The predicted molar refractivity (Wildman–Crippen MR) is 177 cm³/mol. The van der Waals surface area contributed by atoms with Crippen LogP contribution in [0.5, 0.6) is 0 Å². The van der Waals surface area contributed by atoms with Gasteiger partial charge in [0.2, 0.25) is 5.91 Å². The summed E-state index contributed by atoms with van der Waals surface area (Å²) in [5.41, 5.74) is 5.23. The highest BCUT2D eigenvalue weighted by molar-refractivity contribution is 6.37. The standard InChI is InChI=1S/C35H34N6O4/c1-38(32(42)24-40-20-18-39(19-21-40)23-25-8-4-2-5-9-25)28-14-12-27(13-15-28)36-34(26-10-6-3-7-11-26)33-30-22-29(41(44)45)16-17-31(30)37-35(33)43/h2-17,22,36H,18-21,23-24H2,1H3,(H,37,43). The summed E-state index contributed by atoms with van der Waals surface area (Å²) in [4.78, 5) is 43.6. The Morgan fingerprint density at radius 3 is 2.20 bits per heavy atom. The quantitative estimate of drug-likeness (QED) is 0.152. The number of hydrogen-bond donors (Lipinski definition) is 2. The van der Waals surface area contributed by atoms with Crippen molar-refractivity contribution >= 4 is 45.8 Å². The molecule has 0 saturated carbocycles. The maximum Gasteiger partial charge on any atom is 0.270 e. The van der Waals surface area contributed by atoms with Crippen molar-refractivity contribution in [3.05, 3.63) is 130 Å². The van der Waals surface area contributed by atoms with Gasteiger partial charge in [0.05, 0.1) is 22.7 Å². The van der Waals surface area contributed by atoms with Crippen LogP contribution >= 0.6 is 0 Å². The monoisotopic (exact) mass is 602 g/mol. The van der Waals surface area contributed by atoms with E-state index in [0.29, 0.717) is 34.8 Å². The number of fused-ring (bicyclic) bond motifs is 1. The molecule has 0 radical (unpaired) electrons. The van der Waals surface area contributed by atoms with Gasteiger partial charge in [-0.15, -0.1) is 0 Å². The highest BCUT2D eigenvalue weighted by atomic mass is 16.6. The fourth-order valence-electron chi connectivity index (χ4n) is 5.70. The van der Waals surface area contributed by atoms with Crippen LogP contribution in [0.1, 0.15) is 16.7 Å². The minimum Gasteiger partial charge on any atom is -0.354 e. The van der Waals surface area contributed by atoms with Gasteiger partial charge >= 0.3 is 0 Å². The largest absolute Gasteiger partial charge is 0.354 e. The van der Waals surface area contributed by atoms with E-state index in [2.05, 4.69) is 44.7 Å². The van der Waals surface area contributed by atoms with E-state index in [1.165, 1.54) is 17.7 Å². The first-order valence-electron chi connectivity index (χ1n) is 14.9. The van der Waals surface area contributed by atoms with Crippen LogP contribution in [-0.2, 0) is 16.1 Å². The molecule has 0 spiro atoms. The summed E-state index contributed by atoms with van der Waals surface area (Å²) < 4.78 is 0. The van der Waals surface area contributed by atoms with Gasteiger partial charge in [-0.25, -0.2) is 0 Å². The lowest BCUT2D eigenvalue weighted by Gasteiger charge is -2.35. The summed E-state index contributed by atoms with van der Waals surface area (Å²) in [7, 11) is 1.78. The molecule has 2 amide bonds. The molecule has 2 aliphatic heterocycles. The van der Waals surface area contributed by atoms with Crippen molar-refractivity contribution in [1.29, 1.82) is 0 Å². The number of rotatable bonds is 9. The number of amides is 2. The van der Waals surface area contributed by atoms with E-state index in [9.17, 15) is 19.7 Å². The Labute approximate surface area is 261 Å². The summed E-state index contributed by atoms with van der Waals surface area (Å²) in [5, 5.41) is 17.7. The third-order valence-corrected chi connectivity index (χ3v) is 8.24. The molecule has 0 unspecified atom stereocenters. The molecule has 228 valence electrons. The van der Waals surface area contributed by atoms with Crippen LogP contribution in [0.4, 0.5) is 22.7 Å². The van der Waals surface area contributed by atoms with Crippen molar-refractivity contribution in [2.75, 3.05) is 55.3 Å². The van der Waals surface area contributed by atoms with E-state index in [1.807, 2.05) is 60.7 Å². The van der Waals surface area contributed by atoms with Crippen molar-refractivity contribution in [2.45, 2.75) is 6.54 Å². The number of anilines is 3. The van der Waals surface area contributed by atoms with Gasteiger partial charge < -0.3 is 15.5 Å². The van der Waals surface area contributed by atoms with Gasteiger partial charge in [-0.05, 0) is 41.5 Å². The molecule has 0 atom stereocenters. The first-order valence-corrected chi connectivity index (χ1v) is 14.9. The molecular formula is C35H34N6O4. The van der Waals surface area contributed by atoms with E-state index in [-0.39, 0.29) is 17.5 Å². The van der Waals surface area contributed by atoms with Gasteiger partial charge in [0.25, 0.3) is 11.6 Å². The molecule has 2 N–H and O–H groups in total. The van der Waals surface area contributed by atoms with E-state index < -0.39 is 4.92 Å². The SMILES string of the molecule is CN(C(=O)CN1CCN(Cc2ccccc2)CC1)c1ccc(NC(=C2C(=O)Nc3ccc([N+](=O)[O-])cc32)c2ccccc2)cc1. The Morgan fingerprint density at radius 2 is 1.53 bits per heavy atom. The second kappa shape index (κ2) is 13.1. The average Bonchev–Trinajstić information content (AvgIpc) is 3.40. The molecule has 0 aliphatic carbocycles. The summed E-state index contributed by atoms with van der Waals surface area (Å²) in [6.07, 6.45) is 0. The zero-order chi connectivity index (χ0) is 31.3. The number of nitrogens with zero attached hydrogens (tertiary/aromatic N) is 4. The second-order valence-electron chi connectivity index (χ2n) is 11.2. The lowest BCUT2D eigenvalue weighted by Crippen LogP contribution is -2.49. The van der Waals surface area contributed by atoms with Gasteiger partial charge in [-0.3, -0.25) is 29.5 Å². The van der Waals surface area contributed by atoms with Crippen molar-refractivity contribution in [2.24, 2.45) is 0 Å². The molecule has 2 aliphatic rings. The van der Waals surface area contributed by atoms with Gasteiger partial charge in [-0.2, -0.15) is 0 Å². The van der Waals surface area contributed by atoms with Crippen molar-refractivity contribution in [3.8, 4) is 0 Å². The number of non-ortho nitro benzene ring substituents is 1. The Kier molecular flexibility index (Phi) is 8.68. The summed E-state index contributed by atoms with van der Waals surface area (Å²) in [5.74, 6) is -0.333. The smallest absolute Gasteiger partial charge is 0.270 e.